The van der Waals surface area contributed by atoms with Gasteiger partial charge < -0.3 is 10.6 Å². The zero-order valence-corrected chi connectivity index (χ0v) is 14.8. The first kappa shape index (κ1) is 15.6. The molecule has 1 atom stereocenters. The van der Waals surface area contributed by atoms with Gasteiger partial charge in [-0.25, -0.2) is 0 Å². The highest BCUT2D eigenvalue weighted by Crippen LogP contribution is 2.46. The van der Waals surface area contributed by atoms with Crippen LogP contribution in [0.2, 0.25) is 0 Å². The van der Waals surface area contributed by atoms with E-state index in [-0.39, 0.29) is 11.8 Å². The second-order valence-corrected chi connectivity index (χ2v) is 7.48. The molecule has 1 aliphatic carbocycles. The van der Waals surface area contributed by atoms with Crippen LogP contribution in [0.25, 0.3) is 5.57 Å². The number of hydrogen-bond acceptors (Lipinski definition) is 3. The van der Waals surface area contributed by atoms with Gasteiger partial charge in [0.05, 0.1) is 5.69 Å². The van der Waals surface area contributed by atoms with Crippen molar-refractivity contribution in [1.82, 2.24) is 4.90 Å². The Bertz CT molecular complexity index is 812. The SMILES string of the molecule is NC(=O)C1=C2C(=Nc3cccc(Br)c32)CC(CN2CCCC2=O)C1. The van der Waals surface area contributed by atoms with Gasteiger partial charge in [0.25, 0.3) is 0 Å². The first-order valence-electron chi connectivity index (χ1n) is 8.22. The van der Waals surface area contributed by atoms with Gasteiger partial charge >= 0.3 is 0 Å². The van der Waals surface area contributed by atoms with Crippen molar-refractivity contribution in [3.63, 3.8) is 0 Å². The van der Waals surface area contributed by atoms with E-state index in [2.05, 4.69) is 15.9 Å². The summed E-state index contributed by atoms with van der Waals surface area (Å²) >= 11 is 3.57. The molecule has 0 bridgehead atoms. The van der Waals surface area contributed by atoms with Gasteiger partial charge in [0.15, 0.2) is 0 Å². The van der Waals surface area contributed by atoms with Crippen molar-refractivity contribution < 1.29 is 9.59 Å². The molecule has 1 fully saturated rings. The lowest BCUT2D eigenvalue weighted by molar-refractivity contribution is -0.128. The van der Waals surface area contributed by atoms with Crippen LogP contribution in [0.5, 0.6) is 0 Å². The summed E-state index contributed by atoms with van der Waals surface area (Å²) in [6.07, 6.45) is 2.94. The maximum Gasteiger partial charge on any atom is 0.245 e. The summed E-state index contributed by atoms with van der Waals surface area (Å²) < 4.78 is 0.931. The lowest BCUT2D eigenvalue weighted by Crippen LogP contribution is -2.35. The van der Waals surface area contributed by atoms with Crippen molar-refractivity contribution in [2.24, 2.45) is 16.6 Å². The Labute approximate surface area is 148 Å². The van der Waals surface area contributed by atoms with Gasteiger partial charge in [-0.1, -0.05) is 22.0 Å². The Balaban J connectivity index is 1.70. The third kappa shape index (κ3) is 2.49. The molecule has 1 saturated heterocycles. The molecule has 5 nitrogen and oxygen atoms in total. The number of nitrogens with two attached hydrogens (primary N) is 1. The van der Waals surface area contributed by atoms with Crippen molar-refractivity contribution in [1.29, 1.82) is 0 Å². The highest BCUT2D eigenvalue weighted by atomic mass is 79.9. The van der Waals surface area contributed by atoms with E-state index in [0.29, 0.717) is 25.0 Å². The molecular formula is C18H18BrN3O2. The van der Waals surface area contributed by atoms with Crippen LogP contribution in [0.4, 0.5) is 5.69 Å². The van der Waals surface area contributed by atoms with Gasteiger partial charge in [-0.3, -0.25) is 14.6 Å². The van der Waals surface area contributed by atoms with Gasteiger partial charge in [-0.15, -0.1) is 0 Å². The highest BCUT2D eigenvalue weighted by molar-refractivity contribution is 9.10. The lowest BCUT2D eigenvalue weighted by Gasteiger charge is -2.29. The number of nitrogens with zero attached hydrogens (tertiary/aromatic N) is 2. The monoisotopic (exact) mass is 387 g/mol. The fourth-order valence-corrected chi connectivity index (χ4v) is 4.52. The van der Waals surface area contributed by atoms with Crippen molar-refractivity contribution in [2.45, 2.75) is 25.7 Å². The molecule has 0 spiro atoms. The fraction of sp³-hybridized carbons (Fsp3) is 0.389. The summed E-state index contributed by atoms with van der Waals surface area (Å²) in [5.74, 6) is 0.0219. The van der Waals surface area contributed by atoms with Gasteiger partial charge in [-0.05, 0) is 37.3 Å². The summed E-state index contributed by atoms with van der Waals surface area (Å²) in [6, 6.07) is 5.85. The van der Waals surface area contributed by atoms with Crippen LogP contribution in [0.1, 0.15) is 31.2 Å². The number of benzene rings is 1. The first-order chi connectivity index (χ1) is 11.5. The average molecular weight is 388 g/mol. The second kappa shape index (κ2) is 5.84. The minimum Gasteiger partial charge on any atom is -0.366 e. The molecule has 2 heterocycles. The number of primary amides is 1. The number of halogens is 1. The predicted octanol–water partition coefficient (Wildman–Crippen LogP) is 2.81. The van der Waals surface area contributed by atoms with Crippen LogP contribution in [-0.2, 0) is 9.59 Å². The molecule has 4 rings (SSSR count). The zero-order valence-electron chi connectivity index (χ0n) is 13.2. The largest absolute Gasteiger partial charge is 0.366 e. The minimum absolute atomic E-state index is 0.199. The Morgan fingerprint density at radius 1 is 1.38 bits per heavy atom. The van der Waals surface area contributed by atoms with E-state index < -0.39 is 5.91 Å². The van der Waals surface area contributed by atoms with Gasteiger partial charge in [0, 0.05) is 46.4 Å². The van der Waals surface area contributed by atoms with Crippen LogP contribution in [0.3, 0.4) is 0 Å². The number of rotatable bonds is 3. The Hall–Kier alpha value is -1.95. The standard InChI is InChI=1S/C18H18BrN3O2/c19-12-3-1-4-13-17(12)16-11(18(20)24)7-10(8-14(16)21-13)9-22-6-2-5-15(22)23/h1,3-4,10H,2,5-9H2,(H2,20,24). The fourth-order valence-electron chi connectivity index (χ4n) is 3.97. The Morgan fingerprint density at radius 3 is 2.92 bits per heavy atom. The number of aliphatic imine (C=N–C) groups is 1. The summed E-state index contributed by atoms with van der Waals surface area (Å²) in [5.41, 5.74) is 9.99. The smallest absolute Gasteiger partial charge is 0.245 e. The van der Waals surface area contributed by atoms with Gasteiger partial charge in [0.2, 0.25) is 11.8 Å². The molecule has 1 unspecified atom stereocenters. The number of carbonyl (C=O) groups excluding carboxylic acids is 2. The third-order valence-corrected chi connectivity index (χ3v) is 5.67. The molecule has 3 aliphatic rings. The van der Waals surface area contributed by atoms with Gasteiger partial charge in [-0.2, -0.15) is 0 Å². The number of likely N-dealkylation sites (tertiary alicyclic amines) is 1. The van der Waals surface area contributed by atoms with Crippen molar-refractivity contribution >= 4 is 44.7 Å². The number of amides is 2. The molecule has 2 N–H and O–H groups in total. The molecule has 6 heteroatoms. The zero-order chi connectivity index (χ0) is 16.8. The van der Waals surface area contributed by atoms with E-state index in [1.165, 1.54) is 0 Å². The minimum atomic E-state index is -0.390. The average Bonchev–Trinajstić information content (AvgIpc) is 3.10. The molecule has 24 heavy (non-hydrogen) atoms. The maximum atomic E-state index is 12.1. The quantitative estimate of drug-likeness (QED) is 0.865. The molecule has 0 saturated carbocycles. The van der Waals surface area contributed by atoms with E-state index in [9.17, 15) is 9.59 Å². The summed E-state index contributed by atoms with van der Waals surface area (Å²) in [4.78, 5) is 30.6. The van der Waals surface area contributed by atoms with E-state index in [1.807, 2.05) is 23.1 Å². The Kier molecular flexibility index (Phi) is 3.79. The molecule has 2 aliphatic heterocycles. The Morgan fingerprint density at radius 2 is 2.21 bits per heavy atom. The van der Waals surface area contributed by atoms with Crippen molar-refractivity contribution in [3.05, 3.63) is 33.8 Å². The molecule has 0 radical (unpaired) electrons. The topological polar surface area (TPSA) is 75.8 Å². The van der Waals surface area contributed by atoms with E-state index in [0.717, 1.165) is 46.4 Å². The van der Waals surface area contributed by atoms with Crippen LogP contribution in [0.15, 0.2) is 33.2 Å². The van der Waals surface area contributed by atoms with Crippen LogP contribution >= 0.6 is 15.9 Å². The van der Waals surface area contributed by atoms with Crippen LogP contribution < -0.4 is 5.73 Å². The normalized spacial score (nSPS) is 22.5. The predicted molar refractivity (Wildman–Crippen MR) is 95.9 cm³/mol. The molecule has 1 aromatic rings. The molecule has 2 amide bonds. The molecule has 124 valence electrons. The molecule has 0 aromatic heterocycles. The van der Waals surface area contributed by atoms with Crippen molar-refractivity contribution in [2.75, 3.05) is 13.1 Å². The number of carbonyl (C=O) groups is 2. The summed E-state index contributed by atoms with van der Waals surface area (Å²) in [5, 5.41) is 0. The van der Waals surface area contributed by atoms with Gasteiger partial charge in [0.1, 0.15) is 0 Å². The second-order valence-electron chi connectivity index (χ2n) is 6.63. The van der Waals surface area contributed by atoms with E-state index >= 15 is 0 Å². The highest BCUT2D eigenvalue weighted by Gasteiger charge is 2.36. The van der Waals surface area contributed by atoms with Crippen LogP contribution in [0, 0.1) is 5.92 Å². The molecular weight excluding hydrogens is 370 g/mol. The third-order valence-electron chi connectivity index (χ3n) is 5.01. The van der Waals surface area contributed by atoms with Crippen LogP contribution in [-0.4, -0.2) is 35.5 Å². The number of allylic oxidation sites excluding steroid dienone is 1. The summed E-state index contributed by atoms with van der Waals surface area (Å²) in [6.45, 7) is 1.50. The maximum absolute atomic E-state index is 12.1. The number of fused-ring (bicyclic) bond motifs is 3. The summed E-state index contributed by atoms with van der Waals surface area (Å²) in [7, 11) is 0. The first-order valence-corrected chi connectivity index (χ1v) is 9.01. The molecule has 1 aromatic carbocycles. The van der Waals surface area contributed by atoms with E-state index in [4.69, 9.17) is 10.7 Å². The lowest BCUT2D eigenvalue weighted by atomic mass is 9.80. The number of hydrogen-bond donors (Lipinski definition) is 1. The van der Waals surface area contributed by atoms with Crippen molar-refractivity contribution in [3.8, 4) is 0 Å². The van der Waals surface area contributed by atoms with E-state index in [1.54, 1.807) is 0 Å².